The predicted octanol–water partition coefficient (Wildman–Crippen LogP) is 1.12. The first-order chi connectivity index (χ1) is 12.7. The first-order valence-corrected chi connectivity index (χ1v) is 9.35. The maximum atomic E-state index is 13.0. The van der Waals surface area contributed by atoms with Crippen LogP contribution in [0.15, 0.2) is 18.6 Å². The fraction of sp³-hybridized carbons (Fsp3) is 0.667. The van der Waals surface area contributed by atoms with Gasteiger partial charge in [0.25, 0.3) is 0 Å². The molecule has 0 aromatic carbocycles. The van der Waals surface area contributed by atoms with Crippen molar-refractivity contribution >= 4 is 5.91 Å². The first kappa shape index (κ1) is 17.2. The Balaban J connectivity index is 1.48. The van der Waals surface area contributed by atoms with E-state index in [0.717, 1.165) is 38.2 Å². The molecule has 0 spiro atoms. The number of methoxy groups -OCH3 is 1. The number of rotatable bonds is 8. The summed E-state index contributed by atoms with van der Waals surface area (Å²) in [6, 6.07) is 2.07. The van der Waals surface area contributed by atoms with Gasteiger partial charge in [0.1, 0.15) is 12.2 Å². The molecule has 3 atom stereocenters. The molecule has 3 saturated carbocycles. The highest BCUT2D eigenvalue weighted by Gasteiger charge is 2.63. The van der Waals surface area contributed by atoms with E-state index in [9.17, 15) is 4.79 Å². The third-order valence-corrected chi connectivity index (χ3v) is 6.09. The van der Waals surface area contributed by atoms with Crippen LogP contribution in [0.2, 0.25) is 0 Å². The van der Waals surface area contributed by atoms with Crippen LogP contribution >= 0.6 is 0 Å². The number of nitrogens with one attached hydrogen (secondary N) is 1. The Hall–Kier alpha value is -2.22. The van der Waals surface area contributed by atoms with E-state index in [1.54, 1.807) is 7.11 Å². The molecule has 2 bridgehead atoms. The zero-order valence-corrected chi connectivity index (χ0v) is 15.4. The second-order valence-corrected chi connectivity index (χ2v) is 7.28. The van der Waals surface area contributed by atoms with E-state index >= 15 is 0 Å². The van der Waals surface area contributed by atoms with E-state index in [-0.39, 0.29) is 17.2 Å². The Labute approximate surface area is 152 Å². The highest BCUT2D eigenvalue weighted by molar-refractivity contribution is 5.82. The van der Waals surface area contributed by atoms with Crippen LogP contribution in [0, 0.1) is 11.8 Å². The second-order valence-electron chi connectivity index (χ2n) is 7.28. The molecule has 3 aliphatic carbocycles. The molecule has 0 aliphatic heterocycles. The lowest BCUT2D eigenvalue weighted by atomic mass is 9.58. The average Bonchev–Trinajstić information content (AvgIpc) is 3.40. The quantitative estimate of drug-likeness (QED) is 0.764. The molecule has 8 nitrogen and oxygen atoms in total. The van der Waals surface area contributed by atoms with Crippen molar-refractivity contribution in [1.29, 1.82) is 0 Å². The third kappa shape index (κ3) is 2.63. The van der Waals surface area contributed by atoms with Crippen LogP contribution in [-0.2, 0) is 34.6 Å². The molecule has 1 amide bonds. The molecule has 2 heterocycles. The Kier molecular flexibility index (Phi) is 4.52. The lowest BCUT2D eigenvalue weighted by molar-refractivity contribution is -0.133. The summed E-state index contributed by atoms with van der Waals surface area (Å²) < 4.78 is 9.02. The van der Waals surface area contributed by atoms with Crippen LogP contribution in [0.3, 0.4) is 0 Å². The van der Waals surface area contributed by atoms with Crippen LogP contribution in [-0.4, -0.2) is 44.2 Å². The fourth-order valence-corrected chi connectivity index (χ4v) is 4.91. The minimum atomic E-state index is -0.0720. The van der Waals surface area contributed by atoms with Gasteiger partial charge in [-0.2, -0.15) is 10.2 Å². The molecule has 2 aromatic heterocycles. The number of amides is 1. The Morgan fingerprint density at radius 1 is 1.42 bits per heavy atom. The Bertz CT molecular complexity index is 780. The average molecular weight is 358 g/mol. The molecule has 0 saturated heterocycles. The molecule has 8 heteroatoms. The third-order valence-electron chi connectivity index (χ3n) is 6.09. The van der Waals surface area contributed by atoms with Crippen molar-refractivity contribution in [3.63, 3.8) is 0 Å². The molecule has 3 unspecified atom stereocenters. The molecular formula is C18H26N6O2. The standard InChI is InChI=1S/C18H26N6O2/c1-3-23-15(20-12-22-23)11-19-17(25)16-13-4-6-18(16,10-13)14-5-7-21-24(14)8-9-26-2/h5,7,12-13,16H,3-4,6,8-11H2,1-2H3,(H,19,25). The molecule has 1 N–H and O–H groups in total. The molecular weight excluding hydrogens is 332 g/mol. The summed E-state index contributed by atoms with van der Waals surface area (Å²) in [5, 5.41) is 11.7. The SMILES string of the molecule is CCn1ncnc1CNC(=O)C1C2CCC1(c1ccnn1CCOC)C2. The Morgan fingerprint density at radius 3 is 3.08 bits per heavy atom. The van der Waals surface area contributed by atoms with E-state index in [0.29, 0.717) is 19.1 Å². The molecule has 26 heavy (non-hydrogen) atoms. The number of carbonyl (C=O) groups is 1. The number of aryl methyl sites for hydroxylation is 1. The van der Waals surface area contributed by atoms with Crippen molar-refractivity contribution in [1.82, 2.24) is 29.9 Å². The number of hydrogen-bond donors (Lipinski definition) is 1. The smallest absolute Gasteiger partial charge is 0.224 e. The van der Waals surface area contributed by atoms with Gasteiger partial charge in [-0.25, -0.2) is 9.67 Å². The normalized spacial score (nSPS) is 26.7. The monoisotopic (exact) mass is 358 g/mol. The molecule has 5 rings (SSSR count). The lowest BCUT2D eigenvalue weighted by Crippen LogP contribution is -2.53. The molecule has 3 aliphatic rings. The summed E-state index contributed by atoms with van der Waals surface area (Å²) in [6.07, 6.45) is 6.62. The summed E-state index contributed by atoms with van der Waals surface area (Å²) in [4.78, 5) is 17.2. The van der Waals surface area contributed by atoms with Crippen molar-refractivity contribution in [2.75, 3.05) is 13.7 Å². The van der Waals surface area contributed by atoms with Crippen molar-refractivity contribution in [3.8, 4) is 0 Å². The number of ether oxygens (including phenoxy) is 1. The fourth-order valence-electron chi connectivity index (χ4n) is 4.91. The summed E-state index contributed by atoms with van der Waals surface area (Å²) in [6.45, 7) is 4.54. The van der Waals surface area contributed by atoms with E-state index in [1.165, 1.54) is 12.0 Å². The number of carbonyl (C=O) groups excluding carboxylic acids is 1. The van der Waals surface area contributed by atoms with Crippen LogP contribution < -0.4 is 5.32 Å². The number of hydrogen-bond acceptors (Lipinski definition) is 5. The second kappa shape index (κ2) is 6.83. The minimum absolute atomic E-state index is 0.0264. The minimum Gasteiger partial charge on any atom is -0.383 e. The number of nitrogens with zero attached hydrogens (tertiary/aromatic N) is 5. The van der Waals surface area contributed by atoms with Gasteiger partial charge in [0, 0.05) is 31.0 Å². The summed E-state index contributed by atoms with van der Waals surface area (Å²) in [7, 11) is 1.70. The van der Waals surface area contributed by atoms with Gasteiger partial charge < -0.3 is 10.1 Å². The molecule has 140 valence electrons. The van der Waals surface area contributed by atoms with E-state index < -0.39 is 0 Å². The topological polar surface area (TPSA) is 86.9 Å². The van der Waals surface area contributed by atoms with Crippen LogP contribution in [0.1, 0.15) is 37.7 Å². The van der Waals surface area contributed by atoms with Crippen molar-refractivity contribution in [2.45, 2.75) is 51.2 Å². The van der Waals surface area contributed by atoms with Gasteiger partial charge in [0.05, 0.1) is 25.6 Å². The molecule has 2 aromatic rings. The van der Waals surface area contributed by atoms with E-state index in [4.69, 9.17) is 4.74 Å². The van der Waals surface area contributed by atoms with Crippen molar-refractivity contribution in [2.24, 2.45) is 11.8 Å². The lowest BCUT2D eigenvalue weighted by Gasteiger charge is -2.46. The maximum Gasteiger partial charge on any atom is 0.224 e. The molecule has 3 fully saturated rings. The van der Waals surface area contributed by atoms with Gasteiger partial charge in [-0.3, -0.25) is 9.48 Å². The van der Waals surface area contributed by atoms with Gasteiger partial charge in [-0.05, 0) is 38.2 Å². The summed E-state index contributed by atoms with van der Waals surface area (Å²) >= 11 is 0. The largest absolute Gasteiger partial charge is 0.383 e. The van der Waals surface area contributed by atoms with Gasteiger partial charge in [0.2, 0.25) is 5.91 Å². The number of aromatic nitrogens is 5. The molecule has 0 radical (unpaired) electrons. The van der Waals surface area contributed by atoms with Crippen molar-refractivity contribution < 1.29 is 9.53 Å². The summed E-state index contributed by atoms with van der Waals surface area (Å²) in [5.74, 6) is 1.43. The van der Waals surface area contributed by atoms with Crippen LogP contribution in [0.25, 0.3) is 0 Å². The van der Waals surface area contributed by atoms with E-state index in [2.05, 4.69) is 26.6 Å². The van der Waals surface area contributed by atoms with Crippen LogP contribution in [0.5, 0.6) is 0 Å². The van der Waals surface area contributed by atoms with Crippen LogP contribution in [0.4, 0.5) is 0 Å². The van der Waals surface area contributed by atoms with E-state index in [1.807, 2.05) is 22.5 Å². The van der Waals surface area contributed by atoms with Gasteiger partial charge in [-0.15, -0.1) is 0 Å². The number of fused-ring (bicyclic) bond motifs is 1. The maximum absolute atomic E-state index is 13.0. The van der Waals surface area contributed by atoms with Gasteiger partial charge in [0.15, 0.2) is 0 Å². The van der Waals surface area contributed by atoms with Gasteiger partial charge in [-0.1, -0.05) is 0 Å². The summed E-state index contributed by atoms with van der Waals surface area (Å²) in [5.41, 5.74) is 1.11. The Morgan fingerprint density at radius 2 is 2.31 bits per heavy atom. The highest BCUT2D eigenvalue weighted by atomic mass is 16.5. The first-order valence-electron chi connectivity index (χ1n) is 9.35. The zero-order chi connectivity index (χ0) is 18.1. The highest BCUT2D eigenvalue weighted by Crippen LogP contribution is 2.63. The zero-order valence-electron chi connectivity index (χ0n) is 15.4. The predicted molar refractivity (Wildman–Crippen MR) is 94.2 cm³/mol. The van der Waals surface area contributed by atoms with Crippen molar-refractivity contribution in [3.05, 3.63) is 30.1 Å². The van der Waals surface area contributed by atoms with Gasteiger partial charge >= 0.3 is 0 Å².